The molecule has 0 bridgehead atoms. The highest BCUT2D eigenvalue weighted by Gasteiger charge is 2.35. The zero-order valence-electron chi connectivity index (χ0n) is 15.2. The van der Waals surface area contributed by atoms with E-state index in [1.807, 2.05) is 49.4 Å². The van der Waals surface area contributed by atoms with Gasteiger partial charge in [0.2, 0.25) is 5.91 Å². The van der Waals surface area contributed by atoms with Gasteiger partial charge in [-0.3, -0.25) is 9.59 Å². The van der Waals surface area contributed by atoms with Crippen molar-refractivity contribution in [3.63, 3.8) is 0 Å². The second kappa shape index (κ2) is 9.90. The number of Topliss-reactive ketones (excluding diaryl/α,β-unsaturated/α-hetero) is 1. The number of hydrogen-bond acceptors (Lipinski definition) is 3. The van der Waals surface area contributed by atoms with E-state index < -0.39 is 12.0 Å². The lowest BCUT2D eigenvalue weighted by atomic mass is 9.89. The van der Waals surface area contributed by atoms with Gasteiger partial charge in [0.25, 0.3) is 0 Å². The molecule has 0 spiro atoms. The summed E-state index contributed by atoms with van der Waals surface area (Å²) in [7, 11) is 0. The quantitative estimate of drug-likeness (QED) is 0.665. The van der Waals surface area contributed by atoms with Crippen molar-refractivity contribution in [1.82, 2.24) is 5.32 Å². The molecule has 5 nitrogen and oxygen atoms in total. The van der Waals surface area contributed by atoms with Crippen molar-refractivity contribution in [2.24, 2.45) is 11.8 Å². The molecular weight excluding hydrogens is 330 g/mol. The van der Waals surface area contributed by atoms with Crippen molar-refractivity contribution in [2.45, 2.75) is 51.5 Å². The minimum absolute atomic E-state index is 0.00447. The number of rotatable bonds is 9. The number of carboxylic acids is 1. The van der Waals surface area contributed by atoms with Crippen LogP contribution in [0.25, 0.3) is 0 Å². The number of nitrogens with one attached hydrogen (secondary N) is 1. The normalized spacial score (nSPS) is 21.0. The summed E-state index contributed by atoms with van der Waals surface area (Å²) in [4.78, 5) is 35.9. The van der Waals surface area contributed by atoms with Crippen LogP contribution in [-0.2, 0) is 20.8 Å². The van der Waals surface area contributed by atoms with Crippen LogP contribution < -0.4 is 5.32 Å². The molecule has 2 rings (SSSR count). The fraction of sp³-hybridized carbons (Fsp3) is 0.476. The van der Waals surface area contributed by atoms with Gasteiger partial charge in [0.1, 0.15) is 11.8 Å². The third-order valence-corrected chi connectivity index (χ3v) is 4.90. The standard InChI is InChI=1S/C21H27NO4/c1-2-3-5-10-17-16(11-12-19(17)23)14-20(24)22-18(21(25)26)13-15-8-6-4-7-9-15/h3-9,16-18H,2,10-14H2,1H3,(H,22,24)(H,25,26)/b5-3-/t16-,17-,18+/m0/s1. The first-order valence-electron chi connectivity index (χ1n) is 9.25. The van der Waals surface area contributed by atoms with Crippen molar-refractivity contribution in [1.29, 1.82) is 0 Å². The minimum Gasteiger partial charge on any atom is -0.480 e. The van der Waals surface area contributed by atoms with Crippen LogP contribution in [0.3, 0.4) is 0 Å². The van der Waals surface area contributed by atoms with E-state index in [-0.39, 0.29) is 36.4 Å². The zero-order chi connectivity index (χ0) is 18.9. The van der Waals surface area contributed by atoms with Crippen molar-refractivity contribution >= 4 is 17.7 Å². The molecule has 1 amide bonds. The first-order chi connectivity index (χ1) is 12.5. The van der Waals surface area contributed by atoms with Crippen LogP contribution in [0.5, 0.6) is 0 Å². The molecule has 1 aliphatic carbocycles. The summed E-state index contributed by atoms with van der Waals surface area (Å²) >= 11 is 0. The van der Waals surface area contributed by atoms with Gasteiger partial charge in [0.15, 0.2) is 0 Å². The summed E-state index contributed by atoms with van der Waals surface area (Å²) in [6.07, 6.45) is 7.28. The lowest BCUT2D eigenvalue weighted by Gasteiger charge is -2.19. The molecule has 0 aliphatic heterocycles. The van der Waals surface area contributed by atoms with Crippen LogP contribution in [-0.4, -0.2) is 28.8 Å². The molecular formula is C21H27NO4. The highest BCUT2D eigenvalue weighted by molar-refractivity contribution is 5.87. The van der Waals surface area contributed by atoms with Crippen LogP contribution in [0.2, 0.25) is 0 Å². The Labute approximate surface area is 154 Å². The van der Waals surface area contributed by atoms with Crippen LogP contribution >= 0.6 is 0 Å². The molecule has 2 N–H and O–H groups in total. The molecule has 0 saturated heterocycles. The Morgan fingerprint density at radius 1 is 1.27 bits per heavy atom. The zero-order valence-corrected chi connectivity index (χ0v) is 15.2. The summed E-state index contributed by atoms with van der Waals surface area (Å²) in [6.45, 7) is 2.04. The topological polar surface area (TPSA) is 83.5 Å². The molecule has 140 valence electrons. The maximum Gasteiger partial charge on any atom is 0.326 e. The van der Waals surface area contributed by atoms with Gasteiger partial charge in [-0.15, -0.1) is 0 Å². The monoisotopic (exact) mass is 357 g/mol. The molecule has 5 heteroatoms. The highest BCUT2D eigenvalue weighted by Crippen LogP contribution is 2.34. The lowest BCUT2D eigenvalue weighted by molar-refractivity contribution is -0.142. The molecule has 3 atom stereocenters. The van der Waals surface area contributed by atoms with Crippen molar-refractivity contribution in [3.8, 4) is 0 Å². The lowest BCUT2D eigenvalue weighted by Crippen LogP contribution is -2.43. The Balaban J connectivity index is 1.93. The predicted molar refractivity (Wildman–Crippen MR) is 99.6 cm³/mol. The van der Waals surface area contributed by atoms with E-state index in [9.17, 15) is 19.5 Å². The van der Waals surface area contributed by atoms with Gasteiger partial charge in [-0.25, -0.2) is 4.79 Å². The van der Waals surface area contributed by atoms with Crippen LogP contribution in [0.15, 0.2) is 42.5 Å². The van der Waals surface area contributed by atoms with Gasteiger partial charge in [-0.1, -0.05) is 49.4 Å². The summed E-state index contributed by atoms with van der Waals surface area (Å²) in [5.74, 6) is -1.26. The van der Waals surface area contributed by atoms with Gasteiger partial charge in [-0.2, -0.15) is 0 Å². The maximum atomic E-state index is 12.4. The minimum atomic E-state index is -1.05. The fourth-order valence-electron chi connectivity index (χ4n) is 3.50. The predicted octanol–water partition coefficient (Wildman–Crippen LogP) is 3.14. The number of hydrogen-bond donors (Lipinski definition) is 2. The van der Waals surface area contributed by atoms with Gasteiger partial charge in [-0.05, 0) is 30.7 Å². The Morgan fingerprint density at radius 2 is 2.00 bits per heavy atom. The number of carbonyl (C=O) groups is 3. The van der Waals surface area contributed by atoms with E-state index in [0.717, 1.165) is 12.0 Å². The molecule has 1 aliphatic rings. The van der Waals surface area contributed by atoms with Crippen LogP contribution in [0.1, 0.15) is 44.6 Å². The van der Waals surface area contributed by atoms with Crippen molar-refractivity contribution in [3.05, 3.63) is 48.0 Å². The second-order valence-corrected chi connectivity index (χ2v) is 6.84. The van der Waals surface area contributed by atoms with E-state index in [1.54, 1.807) is 0 Å². The first-order valence-corrected chi connectivity index (χ1v) is 9.25. The molecule has 1 aromatic rings. The average molecular weight is 357 g/mol. The molecule has 0 heterocycles. The van der Waals surface area contributed by atoms with Crippen LogP contribution in [0.4, 0.5) is 0 Å². The third kappa shape index (κ3) is 5.83. The van der Waals surface area contributed by atoms with E-state index in [1.165, 1.54) is 0 Å². The Bertz CT molecular complexity index is 653. The number of amides is 1. The number of carbonyl (C=O) groups excluding carboxylic acids is 2. The summed E-state index contributed by atoms with van der Waals surface area (Å²) in [6, 6.07) is 8.27. The first kappa shape index (κ1) is 19.9. The Morgan fingerprint density at radius 3 is 2.65 bits per heavy atom. The maximum absolute atomic E-state index is 12.4. The SMILES string of the molecule is CC/C=C\C[C@@H]1C(=O)CC[C@H]1CC(=O)N[C@H](Cc1ccccc1)C(=O)O. The second-order valence-electron chi connectivity index (χ2n) is 6.84. The molecule has 0 aromatic heterocycles. The van der Waals surface area contributed by atoms with Crippen LogP contribution in [0, 0.1) is 11.8 Å². The number of ketones is 1. The van der Waals surface area contributed by atoms with Gasteiger partial charge >= 0.3 is 5.97 Å². The van der Waals surface area contributed by atoms with Crippen molar-refractivity contribution < 1.29 is 19.5 Å². The Hall–Kier alpha value is -2.43. The number of carboxylic acid groups (broad SMARTS) is 1. The van der Waals surface area contributed by atoms with Gasteiger partial charge in [0.05, 0.1) is 0 Å². The number of benzene rings is 1. The molecule has 1 saturated carbocycles. The molecule has 26 heavy (non-hydrogen) atoms. The number of aliphatic carboxylic acids is 1. The summed E-state index contributed by atoms with van der Waals surface area (Å²) < 4.78 is 0. The van der Waals surface area contributed by atoms with Gasteiger partial charge < -0.3 is 10.4 Å². The summed E-state index contributed by atoms with van der Waals surface area (Å²) in [5.41, 5.74) is 0.860. The van der Waals surface area contributed by atoms with E-state index in [2.05, 4.69) is 5.32 Å². The fourth-order valence-corrected chi connectivity index (χ4v) is 3.50. The third-order valence-electron chi connectivity index (χ3n) is 4.90. The molecule has 0 unspecified atom stereocenters. The van der Waals surface area contributed by atoms with E-state index >= 15 is 0 Å². The molecule has 1 fully saturated rings. The smallest absolute Gasteiger partial charge is 0.326 e. The molecule has 0 radical (unpaired) electrons. The number of allylic oxidation sites excluding steroid dienone is 2. The van der Waals surface area contributed by atoms with E-state index in [0.29, 0.717) is 19.3 Å². The van der Waals surface area contributed by atoms with Gasteiger partial charge in [0, 0.05) is 25.2 Å². The summed E-state index contributed by atoms with van der Waals surface area (Å²) in [5, 5.41) is 12.0. The average Bonchev–Trinajstić information content (AvgIpc) is 2.95. The highest BCUT2D eigenvalue weighted by atomic mass is 16.4. The van der Waals surface area contributed by atoms with Crippen molar-refractivity contribution in [2.75, 3.05) is 0 Å². The largest absolute Gasteiger partial charge is 0.480 e. The Kier molecular flexibility index (Phi) is 7.57. The van der Waals surface area contributed by atoms with E-state index in [4.69, 9.17) is 0 Å². The molecule has 1 aromatic carbocycles.